The molecule has 1 N–H and O–H groups in total. The zero-order valence-electron chi connectivity index (χ0n) is 13.8. The molecule has 0 radical (unpaired) electrons. The molecule has 5 heteroatoms. The molecule has 0 amide bonds. The first-order valence-electron chi connectivity index (χ1n) is 8.06. The molecule has 4 rings (SSSR count). The van der Waals surface area contributed by atoms with Gasteiger partial charge in [-0.2, -0.15) is 5.10 Å². The van der Waals surface area contributed by atoms with Gasteiger partial charge in [0.15, 0.2) is 5.69 Å². The van der Waals surface area contributed by atoms with Gasteiger partial charge in [-0.25, -0.2) is 4.79 Å². The van der Waals surface area contributed by atoms with E-state index in [2.05, 4.69) is 33.4 Å². The van der Waals surface area contributed by atoms with E-state index in [0.717, 1.165) is 22.5 Å². The van der Waals surface area contributed by atoms with Crippen molar-refractivity contribution in [2.24, 2.45) is 0 Å². The fraction of sp³-hybridized carbons (Fsp3) is 0.150. The number of ether oxygens (including phenoxy) is 1. The Bertz CT molecular complexity index is 891. The van der Waals surface area contributed by atoms with Crippen molar-refractivity contribution in [2.75, 3.05) is 7.11 Å². The van der Waals surface area contributed by atoms with E-state index < -0.39 is 11.4 Å². The van der Waals surface area contributed by atoms with E-state index in [1.807, 2.05) is 42.5 Å². The first-order valence-corrected chi connectivity index (χ1v) is 8.06. The Hall–Kier alpha value is -3.21. The van der Waals surface area contributed by atoms with E-state index in [1.165, 1.54) is 7.11 Å². The van der Waals surface area contributed by atoms with Crippen molar-refractivity contribution >= 4 is 12.0 Å². The normalized spacial score (nSPS) is 18.6. The summed E-state index contributed by atoms with van der Waals surface area (Å²) < 4.78 is 4.81. The number of aromatic amines is 1. The third-order valence-corrected chi connectivity index (χ3v) is 4.66. The van der Waals surface area contributed by atoms with Crippen molar-refractivity contribution < 1.29 is 9.53 Å². The minimum Gasteiger partial charge on any atom is -0.464 e. The van der Waals surface area contributed by atoms with Crippen LogP contribution in [0.25, 0.3) is 6.08 Å². The lowest BCUT2D eigenvalue weighted by Gasteiger charge is -2.33. The number of H-pyrrole nitrogens is 1. The minimum absolute atomic E-state index is 0.316. The van der Waals surface area contributed by atoms with Crippen LogP contribution < -0.4 is 0 Å². The van der Waals surface area contributed by atoms with Gasteiger partial charge < -0.3 is 4.74 Å². The molecule has 1 unspecified atom stereocenters. The van der Waals surface area contributed by atoms with Crippen LogP contribution in [0.5, 0.6) is 0 Å². The number of pyridine rings is 1. The molecule has 0 spiro atoms. The molecule has 0 aliphatic heterocycles. The second-order valence-electron chi connectivity index (χ2n) is 6.02. The smallest absolute Gasteiger partial charge is 0.359 e. The van der Waals surface area contributed by atoms with E-state index in [0.29, 0.717) is 12.1 Å². The summed E-state index contributed by atoms with van der Waals surface area (Å²) >= 11 is 0. The molecule has 0 fully saturated rings. The highest BCUT2D eigenvalue weighted by Crippen LogP contribution is 2.40. The number of carbonyl (C=O) groups is 1. The zero-order chi connectivity index (χ0) is 17.3. The van der Waals surface area contributed by atoms with E-state index in [9.17, 15) is 4.79 Å². The number of aromatic nitrogens is 3. The second kappa shape index (κ2) is 6.02. The lowest BCUT2D eigenvalue weighted by molar-refractivity contribution is 0.0593. The molecule has 1 aromatic carbocycles. The first-order chi connectivity index (χ1) is 12.2. The molecule has 25 heavy (non-hydrogen) atoms. The zero-order valence-corrected chi connectivity index (χ0v) is 13.8. The highest BCUT2D eigenvalue weighted by Gasteiger charge is 2.38. The van der Waals surface area contributed by atoms with Gasteiger partial charge in [-0.05, 0) is 17.7 Å². The molecule has 124 valence electrons. The number of methoxy groups -OCH3 is 1. The summed E-state index contributed by atoms with van der Waals surface area (Å²) in [7, 11) is 1.36. The van der Waals surface area contributed by atoms with Crippen molar-refractivity contribution in [3.8, 4) is 0 Å². The van der Waals surface area contributed by atoms with Crippen molar-refractivity contribution in [3.05, 3.63) is 89.0 Å². The molecule has 2 heterocycles. The van der Waals surface area contributed by atoms with Gasteiger partial charge >= 0.3 is 5.97 Å². The van der Waals surface area contributed by atoms with Crippen molar-refractivity contribution in [3.63, 3.8) is 0 Å². The standard InChI is InChI=1S/C20H17N3O2/c1-25-19(24)18-15-10-11-20(13-16(15)22-23-18,14-7-3-2-4-8-14)17-9-5-6-12-21-17/h2-12H,13H2,1H3,(H,22,23). The van der Waals surface area contributed by atoms with Crippen LogP contribution in [-0.4, -0.2) is 28.3 Å². The van der Waals surface area contributed by atoms with Crippen LogP contribution in [0.2, 0.25) is 0 Å². The van der Waals surface area contributed by atoms with Crippen LogP contribution in [-0.2, 0) is 16.6 Å². The molecule has 1 aliphatic rings. The third kappa shape index (κ3) is 2.45. The van der Waals surface area contributed by atoms with Gasteiger partial charge in [-0.3, -0.25) is 10.1 Å². The number of nitrogens with one attached hydrogen (secondary N) is 1. The Morgan fingerprint density at radius 1 is 1.16 bits per heavy atom. The maximum Gasteiger partial charge on any atom is 0.359 e. The number of hydrogen-bond acceptors (Lipinski definition) is 4. The summed E-state index contributed by atoms with van der Waals surface area (Å²) in [4.78, 5) is 16.5. The van der Waals surface area contributed by atoms with Crippen LogP contribution in [0.15, 0.2) is 60.8 Å². The van der Waals surface area contributed by atoms with Crippen LogP contribution in [0.3, 0.4) is 0 Å². The predicted molar refractivity (Wildman–Crippen MR) is 94.1 cm³/mol. The molecule has 3 aromatic rings. The summed E-state index contributed by atoms with van der Waals surface area (Å²) in [5.74, 6) is -0.438. The Morgan fingerprint density at radius 3 is 2.68 bits per heavy atom. The maximum absolute atomic E-state index is 11.9. The second-order valence-corrected chi connectivity index (χ2v) is 6.02. The summed E-state index contributed by atoms with van der Waals surface area (Å²) in [6.45, 7) is 0. The fourth-order valence-electron chi connectivity index (χ4n) is 3.40. The van der Waals surface area contributed by atoms with Gasteiger partial charge in [-0.1, -0.05) is 48.6 Å². The molecular weight excluding hydrogens is 314 g/mol. The lowest BCUT2D eigenvalue weighted by Crippen LogP contribution is -2.31. The molecule has 5 nitrogen and oxygen atoms in total. The minimum atomic E-state index is -0.438. The Labute approximate surface area is 145 Å². The summed E-state index contributed by atoms with van der Waals surface area (Å²) in [6, 6.07) is 16.2. The van der Waals surface area contributed by atoms with Gasteiger partial charge in [0.05, 0.1) is 18.2 Å². The van der Waals surface area contributed by atoms with E-state index >= 15 is 0 Å². The van der Waals surface area contributed by atoms with Gasteiger partial charge in [-0.15, -0.1) is 0 Å². The lowest BCUT2D eigenvalue weighted by atomic mass is 9.70. The van der Waals surface area contributed by atoms with Gasteiger partial charge in [0.1, 0.15) is 0 Å². The highest BCUT2D eigenvalue weighted by atomic mass is 16.5. The topological polar surface area (TPSA) is 67.9 Å². The van der Waals surface area contributed by atoms with Crippen LogP contribution in [0.1, 0.15) is 33.0 Å². The average Bonchev–Trinajstić information content (AvgIpc) is 3.11. The van der Waals surface area contributed by atoms with E-state index in [4.69, 9.17) is 4.74 Å². The number of benzene rings is 1. The quantitative estimate of drug-likeness (QED) is 0.749. The average molecular weight is 331 g/mol. The maximum atomic E-state index is 11.9. The van der Waals surface area contributed by atoms with Crippen molar-refractivity contribution in [1.29, 1.82) is 0 Å². The number of esters is 1. The molecule has 0 saturated carbocycles. The number of hydrogen-bond donors (Lipinski definition) is 1. The predicted octanol–water partition coefficient (Wildman–Crippen LogP) is 3.15. The molecule has 1 atom stereocenters. The van der Waals surface area contributed by atoms with Gasteiger partial charge in [0.2, 0.25) is 0 Å². The monoisotopic (exact) mass is 331 g/mol. The molecule has 2 aromatic heterocycles. The summed E-state index contributed by atoms with van der Waals surface area (Å²) in [5.41, 5.74) is 3.69. The van der Waals surface area contributed by atoms with Gasteiger partial charge in [0.25, 0.3) is 0 Å². The molecule has 1 aliphatic carbocycles. The van der Waals surface area contributed by atoms with Crippen molar-refractivity contribution in [1.82, 2.24) is 15.2 Å². The summed E-state index contributed by atoms with van der Waals surface area (Å²) in [5, 5.41) is 7.16. The number of carbonyl (C=O) groups excluding carboxylic acids is 1. The Kier molecular flexibility index (Phi) is 3.69. The number of rotatable bonds is 3. The number of fused-ring (bicyclic) bond motifs is 1. The molecular formula is C20H17N3O2. The third-order valence-electron chi connectivity index (χ3n) is 4.66. The van der Waals surface area contributed by atoms with E-state index in [1.54, 1.807) is 6.20 Å². The van der Waals surface area contributed by atoms with Gasteiger partial charge in [0, 0.05) is 23.9 Å². The van der Waals surface area contributed by atoms with Crippen LogP contribution in [0, 0.1) is 0 Å². The summed E-state index contributed by atoms with van der Waals surface area (Å²) in [6.07, 6.45) is 6.49. The van der Waals surface area contributed by atoms with Crippen LogP contribution in [0.4, 0.5) is 0 Å². The molecule has 0 bridgehead atoms. The Morgan fingerprint density at radius 2 is 1.96 bits per heavy atom. The SMILES string of the molecule is COC(=O)c1n[nH]c2c1C=CC(c1ccccc1)(c1ccccn1)C2. The van der Waals surface area contributed by atoms with Crippen molar-refractivity contribution in [2.45, 2.75) is 11.8 Å². The molecule has 0 saturated heterocycles. The fourth-order valence-corrected chi connectivity index (χ4v) is 3.40. The van der Waals surface area contributed by atoms with E-state index in [-0.39, 0.29) is 0 Å². The number of allylic oxidation sites excluding steroid dienone is 1. The Balaban J connectivity index is 1.87. The largest absolute Gasteiger partial charge is 0.464 e. The highest BCUT2D eigenvalue weighted by molar-refractivity contribution is 5.92. The number of nitrogens with zero attached hydrogens (tertiary/aromatic N) is 2. The van der Waals surface area contributed by atoms with Crippen LogP contribution >= 0.6 is 0 Å². The first kappa shape index (κ1) is 15.3.